The van der Waals surface area contributed by atoms with Crippen LogP contribution in [0.15, 0.2) is 59.6 Å². The Bertz CT molecular complexity index is 1040. The molecule has 0 aliphatic heterocycles. The van der Waals surface area contributed by atoms with Crippen LogP contribution in [0.5, 0.6) is 5.75 Å². The molecule has 0 bridgehead atoms. The first kappa shape index (κ1) is 24.7. The molecular weight excluding hydrogens is 494 g/mol. The van der Waals surface area contributed by atoms with Gasteiger partial charge >= 0.3 is 6.33 Å². The van der Waals surface area contributed by atoms with Gasteiger partial charge in [-0.1, -0.05) is 15.9 Å². The lowest BCUT2D eigenvalue weighted by molar-refractivity contribution is -0.643. The van der Waals surface area contributed by atoms with Crippen molar-refractivity contribution < 1.29 is 28.0 Å². The van der Waals surface area contributed by atoms with Gasteiger partial charge < -0.3 is 24.8 Å². The smallest absolute Gasteiger partial charge is 0.311 e. The standard InChI is InChI=1S/C20H18BrF2N3O2.NO3/c1-14(26-13-24-12-25-26)20(18-8-5-16(22)11-19(18)23)28-10-2-9-27-17-6-3-15(21)4-7-17;2-1(3)4/h3-8,11-13H,2,9-10H2,1H3;/q;-1/p+1/b20-14-;. The van der Waals surface area contributed by atoms with Crippen molar-refractivity contribution in [1.29, 1.82) is 0 Å². The molecule has 1 aromatic heterocycles. The third-order valence-corrected chi connectivity index (χ3v) is 4.47. The number of aromatic amines is 1. The van der Waals surface area contributed by atoms with Crippen molar-refractivity contribution in [3.8, 4) is 5.75 Å². The minimum atomic E-state index is -1.75. The summed E-state index contributed by atoms with van der Waals surface area (Å²) in [6, 6.07) is 10.9. The average molecular weight is 513 g/mol. The SMILES string of the molecule is C/C(=C(/OCCCOc1ccc(Br)cc1)c1ccc(F)cc1F)[n+]1cnc[nH]1.O=[N+]([O-])[O-]. The molecule has 3 aromatic rings. The van der Waals surface area contributed by atoms with Gasteiger partial charge in [-0.2, -0.15) is 5.10 Å². The molecule has 0 fully saturated rings. The first-order chi connectivity index (χ1) is 15.3. The summed E-state index contributed by atoms with van der Waals surface area (Å²) in [6.07, 6.45) is 3.62. The third-order valence-electron chi connectivity index (χ3n) is 3.94. The second-order valence-corrected chi connectivity index (χ2v) is 7.08. The topological polar surface area (TPSA) is 117 Å². The predicted octanol–water partition coefficient (Wildman–Crippen LogP) is 4.33. The van der Waals surface area contributed by atoms with Gasteiger partial charge in [0, 0.05) is 23.9 Å². The van der Waals surface area contributed by atoms with E-state index < -0.39 is 16.7 Å². The summed E-state index contributed by atoms with van der Waals surface area (Å²) >= 11 is 3.37. The maximum atomic E-state index is 14.3. The Morgan fingerprint density at radius 2 is 1.88 bits per heavy atom. The van der Waals surface area contributed by atoms with Crippen molar-refractivity contribution in [2.45, 2.75) is 13.3 Å². The second-order valence-electron chi connectivity index (χ2n) is 6.16. The zero-order chi connectivity index (χ0) is 23.5. The molecule has 0 aliphatic carbocycles. The Morgan fingerprint density at radius 1 is 1.19 bits per heavy atom. The molecule has 32 heavy (non-hydrogen) atoms. The molecule has 0 atom stereocenters. The molecule has 0 saturated heterocycles. The van der Waals surface area contributed by atoms with Crippen LogP contribution in [0, 0.1) is 27.0 Å². The van der Waals surface area contributed by atoms with Crippen LogP contribution < -0.4 is 9.42 Å². The molecule has 0 unspecified atom stereocenters. The van der Waals surface area contributed by atoms with Gasteiger partial charge in [-0.3, -0.25) is 0 Å². The summed E-state index contributed by atoms with van der Waals surface area (Å²) < 4.78 is 41.7. The number of H-pyrrole nitrogens is 1. The van der Waals surface area contributed by atoms with Gasteiger partial charge in [-0.25, -0.2) is 8.78 Å². The second kappa shape index (κ2) is 12.3. The summed E-state index contributed by atoms with van der Waals surface area (Å²) in [5.41, 5.74) is 0.770. The summed E-state index contributed by atoms with van der Waals surface area (Å²) in [5, 5.41) is 17.6. The maximum Gasteiger partial charge on any atom is 0.311 e. The maximum absolute atomic E-state index is 14.3. The van der Waals surface area contributed by atoms with Crippen LogP contribution in [-0.2, 0) is 4.74 Å². The van der Waals surface area contributed by atoms with E-state index in [-0.39, 0.29) is 5.56 Å². The highest BCUT2D eigenvalue weighted by Gasteiger charge is 2.18. The van der Waals surface area contributed by atoms with E-state index >= 15 is 0 Å². The highest BCUT2D eigenvalue weighted by molar-refractivity contribution is 9.10. The van der Waals surface area contributed by atoms with Crippen LogP contribution in [0.4, 0.5) is 8.78 Å². The number of rotatable bonds is 8. The van der Waals surface area contributed by atoms with E-state index in [4.69, 9.17) is 24.8 Å². The van der Waals surface area contributed by atoms with Gasteiger partial charge in [0.15, 0.2) is 11.5 Å². The average Bonchev–Trinajstić information content (AvgIpc) is 3.27. The number of hydrogen-bond acceptors (Lipinski definition) is 6. The fourth-order valence-corrected chi connectivity index (χ4v) is 2.79. The van der Waals surface area contributed by atoms with Crippen molar-refractivity contribution in [2.75, 3.05) is 13.2 Å². The zero-order valence-electron chi connectivity index (χ0n) is 16.8. The lowest BCUT2D eigenvalue weighted by atomic mass is 10.1. The third kappa shape index (κ3) is 7.95. The Kier molecular flexibility index (Phi) is 9.54. The molecule has 1 N–H and O–H groups in total. The molecule has 0 spiro atoms. The number of allylic oxidation sites excluding steroid dienone is 1. The van der Waals surface area contributed by atoms with E-state index in [1.807, 2.05) is 24.3 Å². The van der Waals surface area contributed by atoms with Crippen LogP contribution in [-0.4, -0.2) is 28.4 Å². The minimum absolute atomic E-state index is 0.176. The fourth-order valence-electron chi connectivity index (χ4n) is 2.53. The van der Waals surface area contributed by atoms with Crippen molar-refractivity contribution in [3.63, 3.8) is 0 Å². The Balaban J connectivity index is 0.000000837. The summed E-state index contributed by atoms with van der Waals surface area (Å²) in [7, 11) is 0. The first-order valence-electron chi connectivity index (χ1n) is 9.17. The summed E-state index contributed by atoms with van der Waals surface area (Å²) in [5.74, 6) is -0.279. The number of halogens is 3. The number of nitrogens with zero attached hydrogens (tertiary/aromatic N) is 3. The van der Waals surface area contributed by atoms with Crippen molar-refractivity contribution in [2.24, 2.45) is 0 Å². The number of hydrogen-bond donors (Lipinski definition) is 1. The molecular formula is C20H19BrF2N4O5. The van der Waals surface area contributed by atoms with Gasteiger partial charge in [-0.05, 0) is 41.4 Å². The fraction of sp³-hybridized carbons (Fsp3) is 0.200. The number of benzene rings is 2. The summed E-state index contributed by atoms with van der Waals surface area (Å²) in [4.78, 5) is 12.2. The molecule has 1 heterocycles. The van der Waals surface area contributed by atoms with Crippen LogP contribution >= 0.6 is 15.9 Å². The van der Waals surface area contributed by atoms with Crippen LogP contribution in [0.2, 0.25) is 0 Å². The molecule has 9 nitrogen and oxygen atoms in total. The van der Waals surface area contributed by atoms with Gasteiger partial charge in [0.1, 0.15) is 17.4 Å². The van der Waals surface area contributed by atoms with Crippen LogP contribution in [0.25, 0.3) is 11.5 Å². The first-order valence-corrected chi connectivity index (χ1v) is 9.96. The van der Waals surface area contributed by atoms with Gasteiger partial charge in [0.2, 0.25) is 6.33 Å². The van der Waals surface area contributed by atoms with Crippen molar-refractivity contribution in [3.05, 3.63) is 92.1 Å². The Hall–Kier alpha value is -3.54. The highest BCUT2D eigenvalue weighted by atomic mass is 79.9. The highest BCUT2D eigenvalue weighted by Crippen LogP contribution is 2.24. The number of nitrogens with one attached hydrogen (secondary N) is 1. The van der Waals surface area contributed by atoms with E-state index in [2.05, 4.69) is 26.0 Å². The van der Waals surface area contributed by atoms with Crippen molar-refractivity contribution in [1.82, 2.24) is 10.1 Å². The minimum Gasteiger partial charge on any atom is -0.493 e. The molecule has 0 aliphatic rings. The van der Waals surface area contributed by atoms with E-state index in [0.29, 0.717) is 31.1 Å². The van der Waals surface area contributed by atoms with E-state index in [9.17, 15) is 8.78 Å². The predicted molar refractivity (Wildman–Crippen MR) is 114 cm³/mol. The molecule has 0 radical (unpaired) electrons. The van der Waals surface area contributed by atoms with Crippen molar-refractivity contribution >= 4 is 27.4 Å². The van der Waals surface area contributed by atoms with Gasteiger partial charge in [-0.15, -0.1) is 4.68 Å². The van der Waals surface area contributed by atoms with E-state index in [0.717, 1.165) is 16.3 Å². The van der Waals surface area contributed by atoms with Crippen LogP contribution in [0.3, 0.4) is 0 Å². The largest absolute Gasteiger partial charge is 0.493 e. The Morgan fingerprint density at radius 3 is 2.47 bits per heavy atom. The Labute approximate surface area is 190 Å². The molecule has 3 rings (SSSR count). The number of aromatic nitrogens is 3. The molecule has 0 amide bonds. The van der Waals surface area contributed by atoms with Crippen LogP contribution in [0.1, 0.15) is 18.9 Å². The van der Waals surface area contributed by atoms with Gasteiger partial charge in [0.25, 0.3) is 0 Å². The number of ether oxygens (including phenoxy) is 2. The molecule has 2 aromatic carbocycles. The van der Waals surface area contributed by atoms with E-state index in [1.54, 1.807) is 11.6 Å². The van der Waals surface area contributed by atoms with Gasteiger partial charge in [0.05, 0.1) is 23.9 Å². The zero-order valence-corrected chi connectivity index (χ0v) is 18.4. The van der Waals surface area contributed by atoms with E-state index in [1.165, 1.54) is 24.8 Å². The summed E-state index contributed by atoms with van der Waals surface area (Å²) in [6.45, 7) is 2.50. The lowest BCUT2D eigenvalue weighted by Crippen LogP contribution is -2.33. The quantitative estimate of drug-likeness (QED) is 0.158. The monoisotopic (exact) mass is 512 g/mol. The molecule has 12 heteroatoms. The molecule has 0 saturated carbocycles. The normalized spacial score (nSPS) is 11.1. The molecule has 170 valence electrons. The lowest BCUT2D eigenvalue weighted by Gasteiger charge is -2.13.